The largest absolute Gasteiger partial charge is 0.366 e. The highest BCUT2D eigenvalue weighted by molar-refractivity contribution is 5.92. The van der Waals surface area contributed by atoms with Crippen molar-refractivity contribution in [2.45, 2.75) is 50.6 Å². The van der Waals surface area contributed by atoms with Crippen LogP contribution in [0.15, 0.2) is 12.1 Å². The molecule has 1 unspecified atom stereocenters. The van der Waals surface area contributed by atoms with Crippen LogP contribution < -0.4 is 16.0 Å². The summed E-state index contributed by atoms with van der Waals surface area (Å²) in [6, 6.07) is 4.00. The molecule has 0 aromatic carbocycles. The number of anilines is 1. The molecule has 0 radical (unpaired) electrons. The molecule has 6 nitrogen and oxygen atoms in total. The van der Waals surface area contributed by atoms with E-state index in [0.29, 0.717) is 23.8 Å². The van der Waals surface area contributed by atoms with Gasteiger partial charge in [0, 0.05) is 18.1 Å². The van der Waals surface area contributed by atoms with Crippen molar-refractivity contribution in [2.75, 3.05) is 18.4 Å². The van der Waals surface area contributed by atoms with Crippen molar-refractivity contribution in [1.29, 1.82) is 0 Å². The first-order valence-electron chi connectivity index (χ1n) is 7.84. The molecule has 1 amide bonds. The van der Waals surface area contributed by atoms with Gasteiger partial charge in [0.2, 0.25) is 0 Å². The summed E-state index contributed by atoms with van der Waals surface area (Å²) in [6.45, 7) is 3.54. The first kappa shape index (κ1) is 14.3. The van der Waals surface area contributed by atoms with Gasteiger partial charge in [0.05, 0.1) is 0 Å². The number of amides is 1. The van der Waals surface area contributed by atoms with Crippen molar-refractivity contribution >= 4 is 11.7 Å². The lowest BCUT2D eigenvalue weighted by Crippen LogP contribution is -2.58. The van der Waals surface area contributed by atoms with Gasteiger partial charge >= 0.3 is 0 Å². The Kier molecular flexibility index (Phi) is 4.05. The van der Waals surface area contributed by atoms with Crippen LogP contribution >= 0.6 is 0 Å². The van der Waals surface area contributed by atoms with Gasteiger partial charge < -0.3 is 16.0 Å². The highest BCUT2D eigenvalue weighted by Crippen LogP contribution is 2.38. The predicted molar refractivity (Wildman–Crippen MR) is 81.3 cm³/mol. The van der Waals surface area contributed by atoms with Crippen LogP contribution in [-0.2, 0) is 0 Å². The summed E-state index contributed by atoms with van der Waals surface area (Å²) in [4.78, 5) is 11.6. The van der Waals surface area contributed by atoms with E-state index in [-0.39, 0.29) is 5.91 Å². The highest BCUT2D eigenvalue weighted by Gasteiger charge is 2.40. The molecule has 2 heterocycles. The van der Waals surface area contributed by atoms with E-state index in [1.54, 1.807) is 6.07 Å². The summed E-state index contributed by atoms with van der Waals surface area (Å²) < 4.78 is 0. The summed E-state index contributed by atoms with van der Waals surface area (Å²) in [5.41, 5.74) is 0.729. The Hall–Kier alpha value is -1.69. The molecule has 2 aliphatic rings. The first-order valence-corrected chi connectivity index (χ1v) is 7.84. The van der Waals surface area contributed by atoms with E-state index in [1.807, 2.05) is 13.0 Å². The Morgan fingerprint density at radius 2 is 2.29 bits per heavy atom. The molecule has 3 N–H and O–H groups in total. The summed E-state index contributed by atoms with van der Waals surface area (Å²) in [5.74, 6) is 0.580. The first-order chi connectivity index (χ1) is 10.2. The van der Waals surface area contributed by atoms with Gasteiger partial charge in [-0.15, -0.1) is 10.2 Å². The summed E-state index contributed by atoms with van der Waals surface area (Å²) in [7, 11) is 0. The summed E-state index contributed by atoms with van der Waals surface area (Å²) in [6.07, 6.45) is 6.15. The average Bonchev–Trinajstić information content (AvgIpc) is 2.47. The van der Waals surface area contributed by atoms with Crippen LogP contribution in [-0.4, -0.2) is 40.8 Å². The third-order valence-electron chi connectivity index (χ3n) is 4.53. The summed E-state index contributed by atoms with van der Waals surface area (Å²) in [5, 5.41) is 18.0. The molecule has 3 rings (SSSR count). The Labute approximate surface area is 125 Å². The van der Waals surface area contributed by atoms with Gasteiger partial charge in [0.25, 0.3) is 5.91 Å². The van der Waals surface area contributed by atoms with Crippen molar-refractivity contribution in [1.82, 2.24) is 20.8 Å². The zero-order valence-electron chi connectivity index (χ0n) is 12.5. The van der Waals surface area contributed by atoms with Gasteiger partial charge in [0.1, 0.15) is 5.82 Å². The fourth-order valence-electron chi connectivity index (χ4n) is 3.26. The maximum absolute atomic E-state index is 11.6. The van der Waals surface area contributed by atoms with Crippen LogP contribution in [0, 0.1) is 0 Å². The van der Waals surface area contributed by atoms with E-state index in [4.69, 9.17) is 0 Å². The number of rotatable bonds is 4. The van der Waals surface area contributed by atoms with Gasteiger partial charge in [0.15, 0.2) is 5.69 Å². The minimum absolute atomic E-state index is 0.174. The number of hydrogen-bond donors (Lipinski definition) is 3. The Balaban J connectivity index is 1.58. The van der Waals surface area contributed by atoms with Crippen molar-refractivity contribution in [3.63, 3.8) is 0 Å². The van der Waals surface area contributed by atoms with Crippen molar-refractivity contribution in [3.8, 4) is 0 Å². The normalized spacial score (nSPS) is 23.4. The lowest BCUT2D eigenvalue weighted by molar-refractivity contribution is 0.0950. The topological polar surface area (TPSA) is 78.9 Å². The van der Waals surface area contributed by atoms with Gasteiger partial charge in [-0.05, 0) is 57.7 Å². The number of carbonyl (C=O) groups excluding carboxylic acids is 1. The third kappa shape index (κ3) is 3.15. The second-order valence-electron chi connectivity index (χ2n) is 6.06. The molecule has 1 saturated carbocycles. The van der Waals surface area contributed by atoms with E-state index in [2.05, 4.69) is 26.1 Å². The fraction of sp³-hybridized carbons (Fsp3) is 0.667. The van der Waals surface area contributed by atoms with Crippen molar-refractivity contribution in [3.05, 3.63) is 17.8 Å². The second kappa shape index (κ2) is 5.97. The number of hydrogen-bond acceptors (Lipinski definition) is 5. The molecule has 1 aliphatic heterocycles. The predicted octanol–water partition coefficient (Wildman–Crippen LogP) is 1.31. The van der Waals surface area contributed by atoms with Gasteiger partial charge in [-0.3, -0.25) is 4.79 Å². The molecule has 0 bridgehead atoms. The fourth-order valence-corrected chi connectivity index (χ4v) is 3.26. The van der Waals surface area contributed by atoms with Gasteiger partial charge in [-0.25, -0.2) is 0 Å². The molecule has 6 heteroatoms. The van der Waals surface area contributed by atoms with Gasteiger partial charge in [-0.2, -0.15) is 0 Å². The van der Waals surface area contributed by atoms with Gasteiger partial charge in [-0.1, -0.05) is 0 Å². The number of nitrogens with zero attached hydrogens (tertiary/aromatic N) is 2. The maximum Gasteiger partial charge on any atom is 0.271 e. The summed E-state index contributed by atoms with van der Waals surface area (Å²) >= 11 is 0. The monoisotopic (exact) mass is 289 g/mol. The van der Waals surface area contributed by atoms with E-state index in [1.165, 1.54) is 19.3 Å². The smallest absolute Gasteiger partial charge is 0.271 e. The number of aromatic nitrogens is 2. The van der Waals surface area contributed by atoms with E-state index in [0.717, 1.165) is 25.2 Å². The maximum atomic E-state index is 11.6. The second-order valence-corrected chi connectivity index (χ2v) is 6.06. The number of piperidine rings is 1. The molecule has 1 aromatic rings. The molecule has 1 aliphatic carbocycles. The van der Waals surface area contributed by atoms with Crippen LogP contribution in [0.5, 0.6) is 0 Å². The molecular weight excluding hydrogens is 266 g/mol. The molecule has 1 saturated heterocycles. The molecule has 1 aromatic heterocycles. The highest BCUT2D eigenvalue weighted by atomic mass is 16.1. The van der Waals surface area contributed by atoms with E-state index >= 15 is 0 Å². The average molecular weight is 289 g/mol. The number of nitrogens with one attached hydrogen (secondary N) is 3. The van der Waals surface area contributed by atoms with Crippen molar-refractivity contribution in [2.24, 2.45) is 0 Å². The lowest BCUT2D eigenvalue weighted by Gasteiger charge is -2.48. The third-order valence-corrected chi connectivity index (χ3v) is 4.53. The Bertz CT molecular complexity index is 497. The Morgan fingerprint density at radius 3 is 2.90 bits per heavy atom. The zero-order chi connectivity index (χ0) is 14.7. The SMILES string of the molecule is CCNC(=O)c1ccc(NC2CCNC3(CCC3)C2)nn1. The molecule has 21 heavy (non-hydrogen) atoms. The zero-order valence-corrected chi connectivity index (χ0v) is 12.5. The molecule has 1 spiro atoms. The van der Waals surface area contributed by atoms with Crippen molar-refractivity contribution < 1.29 is 4.79 Å². The van der Waals surface area contributed by atoms with Crippen LogP contribution in [0.2, 0.25) is 0 Å². The Morgan fingerprint density at radius 1 is 1.43 bits per heavy atom. The van der Waals surface area contributed by atoms with Crippen LogP contribution in [0.25, 0.3) is 0 Å². The van der Waals surface area contributed by atoms with Crippen LogP contribution in [0.4, 0.5) is 5.82 Å². The molecule has 114 valence electrons. The lowest BCUT2D eigenvalue weighted by atomic mass is 9.70. The molecule has 2 fully saturated rings. The van der Waals surface area contributed by atoms with Crippen LogP contribution in [0.1, 0.15) is 49.5 Å². The molecular formula is C15H23N5O. The van der Waals surface area contributed by atoms with Crippen LogP contribution in [0.3, 0.4) is 0 Å². The minimum Gasteiger partial charge on any atom is -0.366 e. The standard InChI is InChI=1S/C15H23N5O/c1-2-16-14(21)12-4-5-13(20-19-12)18-11-6-9-17-15(10-11)7-3-8-15/h4-5,11,17H,2-3,6-10H2,1H3,(H,16,21)(H,18,20). The minimum atomic E-state index is -0.174. The van der Waals surface area contributed by atoms with E-state index in [9.17, 15) is 4.79 Å². The van der Waals surface area contributed by atoms with E-state index < -0.39 is 0 Å². The molecule has 1 atom stereocenters. The number of carbonyl (C=O) groups is 1. The quantitative estimate of drug-likeness (QED) is 0.779.